The summed E-state index contributed by atoms with van der Waals surface area (Å²) in [6.45, 7) is 3.94. The van der Waals surface area contributed by atoms with Gasteiger partial charge in [-0.05, 0) is 59.4 Å². The molecule has 3 rings (SSSR count). The van der Waals surface area contributed by atoms with Crippen molar-refractivity contribution in [1.29, 1.82) is 5.26 Å². The molecule has 7 heteroatoms. The van der Waals surface area contributed by atoms with Gasteiger partial charge in [-0.15, -0.1) is 22.7 Å². The SMILES string of the molecule is CCN(CC(=O)Nc1sc2c(c1C#N)CCC2)Cc1ccc(Br)s1. The number of rotatable bonds is 6. The highest BCUT2D eigenvalue weighted by Gasteiger charge is 2.23. The molecule has 0 saturated carbocycles. The molecular weight excluding hydrogens is 406 g/mol. The smallest absolute Gasteiger partial charge is 0.239 e. The molecular formula is C17H18BrN3OS2. The van der Waals surface area contributed by atoms with Crippen LogP contribution in [-0.2, 0) is 24.2 Å². The van der Waals surface area contributed by atoms with Crippen LogP contribution in [0, 0.1) is 11.3 Å². The standard InChI is InChI=1S/C17H18BrN3OS2/c1-2-21(9-11-6-7-15(18)23-11)10-16(22)20-17-13(8-19)12-4-3-5-14(12)24-17/h6-7H,2-5,9-10H2,1H3,(H,20,22). The molecule has 24 heavy (non-hydrogen) atoms. The lowest BCUT2D eigenvalue weighted by Gasteiger charge is -2.18. The summed E-state index contributed by atoms with van der Waals surface area (Å²) in [5.74, 6) is -0.0519. The Hall–Kier alpha value is -1.20. The molecule has 4 nitrogen and oxygen atoms in total. The number of amides is 1. The Balaban J connectivity index is 1.63. The van der Waals surface area contributed by atoms with E-state index in [0.717, 1.165) is 46.7 Å². The second-order valence-electron chi connectivity index (χ2n) is 5.73. The molecule has 1 aliphatic rings. The molecule has 0 spiro atoms. The van der Waals surface area contributed by atoms with E-state index in [1.807, 2.05) is 6.07 Å². The fourth-order valence-corrected chi connectivity index (χ4v) is 5.70. The van der Waals surface area contributed by atoms with E-state index in [2.05, 4.69) is 45.2 Å². The number of carbonyl (C=O) groups is 1. The van der Waals surface area contributed by atoms with Gasteiger partial charge in [-0.25, -0.2) is 0 Å². The van der Waals surface area contributed by atoms with Gasteiger partial charge in [-0.1, -0.05) is 6.92 Å². The van der Waals surface area contributed by atoms with E-state index in [1.165, 1.54) is 9.75 Å². The number of aryl methyl sites for hydroxylation is 1. The van der Waals surface area contributed by atoms with Gasteiger partial charge in [-0.2, -0.15) is 5.26 Å². The monoisotopic (exact) mass is 423 g/mol. The van der Waals surface area contributed by atoms with E-state index >= 15 is 0 Å². The third kappa shape index (κ3) is 3.89. The molecule has 0 aliphatic heterocycles. The minimum absolute atomic E-state index is 0.0519. The number of thiophene rings is 2. The lowest BCUT2D eigenvalue weighted by Crippen LogP contribution is -2.32. The van der Waals surface area contributed by atoms with Crippen molar-refractivity contribution in [2.75, 3.05) is 18.4 Å². The summed E-state index contributed by atoms with van der Waals surface area (Å²) in [6, 6.07) is 6.37. The molecule has 126 valence electrons. The summed E-state index contributed by atoms with van der Waals surface area (Å²) >= 11 is 6.72. The first kappa shape index (κ1) is 17.6. The number of fused-ring (bicyclic) bond motifs is 1. The van der Waals surface area contributed by atoms with E-state index < -0.39 is 0 Å². The largest absolute Gasteiger partial charge is 0.315 e. The highest BCUT2D eigenvalue weighted by Crippen LogP contribution is 2.38. The first-order chi connectivity index (χ1) is 11.6. The Kier molecular flexibility index (Phi) is 5.72. The minimum atomic E-state index is -0.0519. The van der Waals surface area contributed by atoms with E-state index in [1.54, 1.807) is 22.7 Å². The first-order valence-electron chi connectivity index (χ1n) is 7.91. The van der Waals surface area contributed by atoms with E-state index in [-0.39, 0.29) is 5.91 Å². The highest BCUT2D eigenvalue weighted by atomic mass is 79.9. The Morgan fingerprint density at radius 1 is 1.42 bits per heavy atom. The van der Waals surface area contributed by atoms with Crippen molar-refractivity contribution in [3.05, 3.63) is 36.8 Å². The van der Waals surface area contributed by atoms with Crippen molar-refractivity contribution < 1.29 is 4.79 Å². The zero-order valence-electron chi connectivity index (χ0n) is 13.4. The Bertz CT molecular complexity index is 790. The van der Waals surface area contributed by atoms with Gasteiger partial charge in [-0.3, -0.25) is 9.69 Å². The van der Waals surface area contributed by atoms with E-state index in [9.17, 15) is 10.1 Å². The van der Waals surface area contributed by atoms with Gasteiger partial charge < -0.3 is 5.32 Å². The van der Waals surface area contributed by atoms with Crippen LogP contribution in [0.3, 0.4) is 0 Å². The average Bonchev–Trinajstić information content (AvgIpc) is 3.22. The molecule has 0 radical (unpaired) electrons. The molecule has 0 fully saturated rings. The van der Waals surface area contributed by atoms with Crippen molar-refractivity contribution in [3.63, 3.8) is 0 Å². The number of halogens is 1. The molecule has 0 bridgehead atoms. The minimum Gasteiger partial charge on any atom is -0.315 e. The summed E-state index contributed by atoms with van der Waals surface area (Å²) in [6.07, 6.45) is 3.10. The Labute approximate surface area is 158 Å². The van der Waals surface area contributed by atoms with E-state index in [4.69, 9.17) is 0 Å². The zero-order valence-corrected chi connectivity index (χ0v) is 16.6. The molecule has 2 aromatic rings. The number of nitrogens with one attached hydrogen (secondary N) is 1. The van der Waals surface area contributed by atoms with Crippen LogP contribution in [0.15, 0.2) is 15.9 Å². The molecule has 0 saturated heterocycles. The van der Waals surface area contributed by atoms with Gasteiger partial charge in [0.2, 0.25) is 5.91 Å². The maximum absolute atomic E-state index is 12.4. The van der Waals surface area contributed by atoms with Gasteiger partial charge >= 0.3 is 0 Å². The molecule has 1 aliphatic carbocycles. The van der Waals surface area contributed by atoms with Crippen molar-refractivity contribution in [2.45, 2.75) is 32.7 Å². The van der Waals surface area contributed by atoms with Gasteiger partial charge in [0.1, 0.15) is 11.1 Å². The molecule has 0 aromatic carbocycles. The number of nitriles is 1. The van der Waals surface area contributed by atoms with Crippen LogP contribution in [0.1, 0.15) is 34.2 Å². The summed E-state index contributed by atoms with van der Waals surface area (Å²) in [5.41, 5.74) is 1.82. The Morgan fingerprint density at radius 3 is 2.92 bits per heavy atom. The molecule has 1 amide bonds. The number of nitrogens with zero attached hydrogens (tertiary/aromatic N) is 2. The van der Waals surface area contributed by atoms with Crippen molar-refractivity contribution in [3.8, 4) is 6.07 Å². The third-order valence-electron chi connectivity index (χ3n) is 4.11. The van der Waals surface area contributed by atoms with Crippen molar-refractivity contribution >= 4 is 49.5 Å². The maximum atomic E-state index is 12.4. The summed E-state index contributed by atoms with van der Waals surface area (Å²) in [5, 5.41) is 13.1. The van der Waals surface area contributed by atoms with Gasteiger partial charge in [0.15, 0.2) is 0 Å². The second-order valence-corrected chi connectivity index (χ2v) is 9.38. The summed E-state index contributed by atoms with van der Waals surface area (Å²) in [4.78, 5) is 17.0. The van der Waals surface area contributed by atoms with Crippen LogP contribution in [0.4, 0.5) is 5.00 Å². The molecule has 1 N–H and O–H groups in total. The predicted octanol–water partition coefficient (Wildman–Crippen LogP) is 4.39. The number of hydrogen-bond acceptors (Lipinski definition) is 5. The number of anilines is 1. The fraction of sp³-hybridized carbons (Fsp3) is 0.412. The first-order valence-corrected chi connectivity index (χ1v) is 10.3. The number of carbonyl (C=O) groups excluding carboxylic acids is 1. The quantitative estimate of drug-likeness (QED) is 0.748. The summed E-state index contributed by atoms with van der Waals surface area (Å²) < 4.78 is 1.10. The average molecular weight is 424 g/mol. The van der Waals surface area contributed by atoms with Crippen LogP contribution in [0.2, 0.25) is 0 Å². The van der Waals surface area contributed by atoms with Crippen LogP contribution in [-0.4, -0.2) is 23.9 Å². The van der Waals surface area contributed by atoms with Crippen molar-refractivity contribution in [1.82, 2.24) is 4.90 Å². The van der Waals surface area contributed by atoms with Crippen molar-refractivity contribution in [2.24, 2.45) is 0 Å². The van der Waals surface area contributed by atoms with Crippen LogP contribution >= 0.6 is 38.6 Å². The normalized spacial score (nSPS) is 13.1. The van der Waals surface area contributed by atoms with Gasteiger partial charge in [0.05, 0.1) is 15.9 Å². The maximum Gasteiger partial charge on any atom is 0.239 e. The van der Waals surface area contributed by atoms with Gasteiger partial charge in [0, 0.05) is 16.3 Å². The lowest BCUT2D eigenvalue weighted by molar-refractivity contribution is -0.117. The molecule has 0 unspecified atom stereocenters. The van der Waals surface area contributed by atoms with Gasteiger partial charge in [0.25, 0.3) is 0 Å². The predicted molar refractivity (Wildman–Crippen MR) is 103 cm³/mol. The van der Waals surface area contributed by atoms with Crippen LogP contribution in [0.25, 0.3) is 0 Å². The fourth-order valence-electron chi connectivity index (χ4n) is 2.92. The summed E-state index contributed by atoms with van der Waals surface area (Å²) in [7, 11) is 0. The molecule has 2 heterocycles. The van der Waals surface area contributed by atoms with Crippen LogP contribution < -0.4 is 5.32 Å². The topological polar surface area (TPSA) is 56.1 Å². The number of hydrogen-bond donors (Lipinski definition) is 1. The molecule has 0 atom stereocenters. The zero-order chi connectivity index (χ0) is 17.1. The highest BCUT2D eigenvalue weighted by molar-refractivity contribution is 9.11. The number of likely N-dealkylation sites (N-methyl/N-ethyl adjacent to an activating group) is 1. The Morgan fingerprint density at radius 2 is 2.25 bits per heavy atom. The second kappa shape index (κ2) is 7.79. The third-order valence-corrected chi connectivity index (χ3v) is 6.92. The lowest BCUT2D eigenvalue weighted by atomic mass is 10.1. The molecule has 2 aromatic heterocycles. The van der Waals surface area contributed by atoms with Crippen LogP contribution in [0.5, 0.6) is 0 Å². The van der Waals surface area contributed by atoms with E-state index in [0.29, 0.717) is 12.1 Å².